The summed E-state index contributed by atoms with van der Waals surface area (Å²) in [4.78, 5) is 0. The van der Waals surface area contributed by atoms with Crippen LogP contribution in [0.4, 0.5) is 0 Å². The van der Waals surface area contributed by atoms with Crippen LogP contribution in [0, 0.1) is 17.9 Å². The first-order valence-electron chi connectivity index (χ1n) is 4.14. The van der Waals surface area contributed by atoms with Gasteiger partial charge in [-0.05, 0) is 18.2 Å². The molecule has 0 atom stereocenters. The zero-order valence-corrected chi connectivity index (χ0v) is 7.65. The van der Waals surface area contributed by atoms with Crippen LogP contribution in [0.5, 0.6) is 0 Å². The van der Waals surface area contributed by atoms with Gasteiger partial charge in [0.2, 0.25) is 0 Å². The van der Waals surface area contributed by atoms with Crippen molar-refractivity contribution in [3.63, 3.8) is 0 Å². The molecule has 1 aromatic carbocycles. The van der Waals surface area contributed by atoms with Crippen LogP contribution in [0.1, 0.15) is 11.3 Å². The summed E-state index contributed by atoms with van der Waals surface area (Å²) in [6.45, 7) is 1.50. The van der Waals surface area contributed by atoms with Crippen LogP contribution in [0.15, 0.2) is 28.7 Å². The van der Waals surface area contributed by atoms with Gasteiger partial charge in [0.1, 0.15) is 18.0 Å². The fraction of sp³-hybridized carbons (Fsp3) is 0.0909. The van der Waals surface area contributed by atoms with Crippen molar-refractivity contribution in [2.24, 2.45) is 0 Å². The number of furan rings is 1. The van der Waals surface area contributed by atoms with Gasteiger partial charge in [0.15, 0.2) is 0 Å². The van der Waals surface area contributed by atoms with Crippen LogP contribution in [0.3, 0.4) is 0 Å². The van der Waals surface area contributed by atoms with E-state index in [9.17, 15) is 0 Å². The lowest BCUT2D eigenvalue weighted by molar-refractivity contribution is 0.275. The topological polar surface area (TPSA) is 46.2 Å². The Kier molecular flexibility index (Phi) is 2.21. The van der Waals surface area contributed by atoms with E-state index in [1.54, 1.807) is 25.3 Å². The summed E-state index contributed by atoms with van der Waals surface area (Å²) in [6, 6.07) is 9.27. The van der Waals surface area contributed by atoms with Crippen molar-refractivity contribution in [1.82, 2.24) is 0 Å². The molecule has 0 unspecified atom stereocenters. The van der Waals surface area contributed by atoms with Gasteiger partial charge in [-0.3, -0.25) is 0 Å². The lowest BCUT2D eigenvalue weighted by Crippen LogP contribution is -1.77. The number of nitrogens with zero attached hydrogens (tertiary/aromatic N) is 1. The lowest BCUT2D eigenvalue weighted by Gasteiger charge is -1.89. The second-order valence-corrected chi connectivity index (χ2v) is 2.83. The summed E-state index contributed by atoms with van der Waals surface area (Å²) in [6.07, 6.45) is 0. The number of rotatable bonds is 2. The van der Waals surface area contributed by atoms with Crippen molar-refractivity contribution in [2.45, 2.75) is 0 Å². The Hall–Kier alpha value is -1.79. The molecule has 0 aliphatic rings. The molecule has 0 amide bonds. The van der Waals surface area contributed by atoms with E-state index in [1.165, 1.54) is 6.61 Å². The predicted molar refractivity (Wildman–Crippen MR) is 51.3 cm³/mol. The Morgan fingerprint density at radius 3 is 3.07 bits per heavy atom. The van der Waals surface area contributed by atoms with Crippen LogP contribution in [0.25, 0.3) is 11.0 Å². The second-order valence-electron chi connectivity index (χ2n) is 2.83. The highest BCUT2D eigenvalue weighted by atomic mass is 16.5. The molecule has 0 spiro atoms. The molecule has 3 nitrogen and oxygen atoms in total. The van der Waals surface area contributed by atoms with Gasteiger partial charge in [-0.2, -0.15) is 5.26 Å². The lowest BCUT2D eigenvalue weighted by atomic mass is 10.1. The average molecular weight is 186 g/mol. The van der Waals surface area contributed by atoms with E-state index in [0.29, 0.717) is 16.9 Å². The van der Waals surface area contributed by atoms with Crippen molar-refractivity contribution >= 4 is 11.0 Å². The standard InChI is InChI=1S/C11H8NO2/c1-13-7-9-5-10-8(6-12)3-2-4-11(10)14-9/h2-5,7H,1H3. The molecule has 2 rings (SSSR count). The SMILES string of the molecule is CO[CH]c1cc2c(C#N)cccc2o1. The summed E-state index contributed by atoms with van der Waals surface area (Å²) in [5, 5.41) is 9.66. The minimum atomic E-state index is 0.613. The molecule has 0 saturated heterocycles. The average Bonchev–Trinajstić information content (AvgIpc) is 2.60. The fourth-order valence-corrected chi connectivity index (χ4v) is 1.35. The van der Waals surface area contributed by atoms with E-state index >= 15 is 0 Å². The summed E-state index contributed by atoms with van der Waals surface area (Å²) in [5.41, 5.74) is 1.31. The smallest absolute Gasteiger partial charge is 0.148 e. The summed E-state index contributed by atoms with van der Waals surface area (Å²) >= 11 is 0. The van der Waals surface area contributed by atoms with Crippen molar-refractivity contribution < 1.29 is 9.15 Å². The molecule has 14 heavy (non-hydrogen) atoms. The van der Waals surface area contributed by atoms with Gasteiger partial charge >= 0.3 is 0 Å². The summed E-state index contributed by atoms with van der Waals surface area (Å²) in [5.74, 6) is 0.616. The zero-order chi connectivity index (χ0) is 9.97. The third-order valence-corrected chi connectivity index (χ3v) is 1.93. The van der Waals surface area contributed by atoms with E-state index in [-0.39, 0.29) is 0 Å². The van der Waals surface area contributed by atoms with Gasteiger partial charge < -0.3 is 9.15 Å². The fourth-order valence-electron chi connectivity index (χ4n) is 1.35. The number of nitriles is 1. The molecular formula is C11H8NO2. The molecule has 0 fully saturated rings. The molecule has 0 aliphatic carbocycles. The van der Waals surface area contributed by atoms with Gasteiger partial charge in [0.25, 0.3) is 0 Å². The van der Waals surface area contributed by atoms with Gasteiger partial charge in [-0.1, -0.05) is 6.07 Å². The second kappa shape index (κ2) is 3.52. The molecule has 0 bridgehead atoms. The van der Waals surface area contributed by atoms with Crippen molar-refractivity contribution in [1.29, 1.82) is 5.26 Å². The number of hydrogen-bond donors (Lipinski definition) is 0. The van der Waals surface area contributed by atoms with Crippen molar-refractivity contribution in [3.05, 3.63) is 42.2 Å². The summed E-state index contributed by atoms with van der Waals surface area (Å²) < 4.78 is 10.2. The molecular weight excluding hydrogens is 178 g/mol. The highest BCUT2D eigenvalue weighted by Crippen LogP contribution is 2.23. The molecule has 3 heteroatoms. The maximum absolute atomic E-state index is 8.84. The van der Waals surface area contributed by atoms with Gasteiger partial charge in [-0.15, -0.1) is 0 Å². The van der Waals surface area contributed by atoms with Crippen LogP contribution in [0.2, 0.25) is 0 Å². The third kappa shape index (κ3) is 1.36. The number of ether oxygens (including phenoxy) is 1. The van der Waals surface area contributed by atoms with Crippen LogP contribution < -0.4 is 0 Å². The van der Waals surface area contributed by atoms with Gasteiger partial charge in [-0.25, -0.2) is 0 Å². The molecule has 0 saturated carbocycles. The maximum Gasteiger partial charge on any atom is 0.148 e. The Bertz CT molecular complexity index is 493. The summed E-state index contributed by atoms with van der Waals surface area (Å²) in [7, 11) is 1.55. The first-order valence-corrected chi connectivity index (χ1v) is 4.14. The first-order chi connectivity index (χ1) is 6.85. The van der Waals surface area contributed by atoms with Crippen LogP contribution in [-0.2, 0) is 4.74 Å². The van der Waals surface area contributed by atoms with E-state index in [2.05, 4.69) is 6.07 Å². The van der Waals surface area contributed by atoms with Crippen molar-refractivity contribution in [2.75, 3.05) is 7.11 Å². The van der Waals surface area contributed by atoms with E-state index < -0.39 is 0 Å². The number of methoxy groups -OCH3 is 1. The molecule has 1 heterocycles. The third-order valence-electron chi connectivity index (χ3n) is 1.93. The number of benzene rings is 1. The largest absolute Gasteiger partial charge is 0.458 e. The number of fused-ring (bicyclic) bond motifs is 1. The Morgan fingerprint density at radius 1 is 1.50 bits per heavy atom. The Morgan fingerprint density at radius 2 is 2.36 bits per heavy atom. The van der Waals surface area contributed by atoms with Gasteiger partial charge in [0.05, 0.1) is 11.6 Å². The maximum atomic E-state index is 8.84. The van der Waals surface area contributed by atoms with E-state index in [0.717, 1.165) is 5.39 Å². The van der Waals surface area contributed by atoms with Crippen LogP contribution in [-0.4, -0.2) is 7.11 Å². The quantitative estimate of drug-likeness (QED) is 0.723. The first kappa shape index (κ1) is 8.79. The minimum absolute atomic E-state index is 0.613. The Balaban J connectivity index is 2.60. The Labute approximate surface area is 81.5 Å². The number of hydrogen-bond acceptors (Lipinski definition) is 3. The molecule has 0 N–H and O–H groups in total. The van der Waals surface area contributed by atoms with Crippen molar-refractivity contribution in [3.8, 4) is 6.07 Å². The van der Waals surface area contributed by atoms with Crippen LogP contribution >= 0.6 is 0 Å². The van der Waals surface area contributed by atoms with Gasteiger partial charge in [0, 0.05) is 12.5 Å². The predicted octanol–water partition coefficient (Wildman–Crippen LogP) is 2.46. The highest BCUT2D eigenvalue weighted by molar-refractivity contribution is 5.84. The molecule has 0 aliphatic heterocycles. The monoisotopic (exact) mass is 186 g/mol. The normalized spacial score (nSPS) is 10.3. The van der Waals surface area contributed by atoms with E-state index in [4.69, 9.17) is 14.4 Å². The molecule has 69 valence electrons. The highest BCUT2D eigenvalue weighted by Gasteiger charge is 2.06. The zero-order valence-electron chi connectivity index (χ0n) is 7.65. The molecule has 1 aromatic heterocycles. The van der Waals surface area contributed by atoms with E-state index in [1.807, 2.05) is 6.07 Å². The minimum Gasteiger partial charge on any atom is -0.458 e. The molecule has 2 aromatic rings. The molecule has 1 radical (unpaired) electrons.